The Bertz CT molecular complexity index is 294. The number of rotatable bonds is 4. The Morgan fingerprint density at radius 1 is 1.36 bits per heavy atom. The molecule has 1 atom stereocenters. The molecule has 0 radical (unpaired) electrons. The van der Waals surface area contributed by atoms with Crippen LogP contribution in [-0.4, -0.2) is 27.5 Å². The number of phenolic OH excluding ortho intramolecular Hbond substituents is 1. The highest BCUT2D eigenvalue weighted by Crippen LogP contribution is 2.16. The molecule has 0 aliphatic heterocycles. The summed E-state index contributed by atoms with van der Waals surface area (Å²) < 4.78 is 0. The maximum Gasteiger partial charge on any atom is 0.115 e. The highest BCUT2D eigenvalue weighted by Gasteiger charge is 2.18. The second-order valence-electron chi connectivity index (χ2n) is 3.82. The van der Waals surface area contributed by atoms with Crippen molar-refractivity contribution in [1.82, 2.24) is 0 Å². The van der Waals surface area contributed by atoms with Gasteiger partial charge < -0.3 is 15.3 Å². The fourth-order valence-electron chi connectivity index (χ4n) is 1.20. The van der Waals surface area contributed by atoms with E-state index in [0.717, 1.165) is 5.56 Å². The average molecular weight is 196 g/mol. The van der Waals surface area contributed by atoms with Gasteiger partial charge in [-0.25, -0.2) is 0 Å². The first kappa shape index (κ1) is 11.0. The minimum atomic E-state index is -1.04. The van der Waals surface area contributed by atoms with Crippen LogP contribution in [0.2, 0.25) is 0 Å². The van der Waals surface area contributed by atoms with E-state index in [-0.39, 0.29) is 12.4 Å². The van der Waals surface area contributed by atoms with Gasteiger partial charge >= 0.3 is 0 Å². The van der Waals surface area contributed by atoms with Gasteiger partial charge in [-0.05, 0) is 37.5 Å². The minimum Gasteiger partial charge on any atom is -0.508 e. The second kappa shape index (κ2) is 4.44. The number of hydrogen-bond donors (Lipinski definition) is 3. The summed E-state index contributed by atoms with van der Waals surface area (Å²) in [5, 5.41) is 27.6. The predicted octanol–water partition coefficient (Wildman–Crippen LogP) is 1.07. The molecule has 1 unspecified atom stereocenters. The third-order valence-corrected chi connectivity index (χ3v) is 2.20. The molecule has 0 amide bonds. The summed E-state index contributed by atoms with van der Waals surface area (Å²) in [5.74, 6) is 0.228. The summed E-state index contributed by atoms with van der Waals surface area (Å²) in [7, 11) is 0. The van der Waals surface area contributed by atoms with Crippen LogP contribution in [0.5, 0.6) is 5.75 Å². The van der Waals surface area contributed by atoms with E-state index in [1.165, 1.54) is 0 Å². The lowest BCUT2D eigenvalue weighted by atomic mass is 9.98. The Balaban J connectivity index is 2.54. The van der Waals surface area contributed by atoms with Gasteiger partial charge in [0.2, 0.25) is 0 Å². The molecule has 14 heavy (non-hydrogen) atoms. The van der Waals surface area contributed by atoms with Crippen LogP contribution in [0.15, 0.2) is 24.3 Å². The van der Waals surface area contributed by atoms with Gasteiger partial charge in [-0.2, -0.15) is 0 Å². The van der Waals surface area contributed by atoms with E-state index in [1.807, 2.05) is 6.07 Å². The molecule has 78 valence electrons. The molecule has 0 aromatic heterocycles. The topological polar surface area (TPSA) is 60.7 Å². The molecular weight excluding hydrogens is 180 g/mol. The molecule has 0 saturated carbocycles. The molecule has 0 aliphatic rings. The molecule has 1 aromatic carbocycles. The Hall–Kier alpha value is -1.06. The van der Waals surface area contributed by atoms with Crippen molar-refractivity contribution in [3.05, 3.63) is 29.8 Å². The highest BCUT2D eigenvalue weighted by molar-refractivity contribution is 5.27. The molecule has 0 spiro atoms. The van der Waals surface area contributed by atoms with Gasteiger partial charge in [0.05, 0.1) is 12.2 Å². The van der Waals surface area contributed by atoms with Crippen LogP contribution in [0.4, 0.5) is 0 Å². The Morgan fingerprint density at radius 3 is 2.64 bits per heavy atom. The largest absolute Gasteiger partial charge is 0.508 e. The van der Waals surface area contributed by atoms with Gasteiger partial charge in [-0.3, -0.25) is 0 Å². The second-order valence-corrected chi connectivity index (χ2v) is 3.82. The lowest BCUT2D eigenvalue weighted by Crippen LogP contribution is -2.29. The van der Waals surface area contributed by atoms with Crippen molar-refractivity contribution in [3.8, 4) is 5.75 Å². The zero-order valence-corrected chi connectivity index (χ0v) is 8.27. The first-order valence-corrected chi connectivity index (χ1v) is 4.65. The van der Waals surface area contributed by atoms with Crippen molar-refractivity contribution in [1.29, 1.82) is 0 Å². The fraction of sp³-hybridized carbons (Fsp3) is 0.455. The number of aryl methyl sites for hydroxylation is 1. The summed E-state index contributed by atoms with van der Waals surface area (Å²) in [6.45, 7) is 1.35. The molecule has 0 fully saturated rings. The maximum absolute atomic E-state index is 9.54. The number of aliphatic hydroxyl groups is 2. The zero-order chi connectivity index (χ0) is 10.6. The van der Waals surface area contributed by atoms with Crippen molar-refractivity contribution < 1.29 is 15.3 Å². The van der Waals surface area contributed by atoms with Gasteiger partial charge in [-0.1, -0.05) is 12.1 Å². The van der Waals surface area contributed by atoms with E-state index in [4.69, 9.17) is 5.11 Å². The van der Waals surface area contributed by atoms with Gasteiger partial charge in [0.1, 0.15) is 5.75 Å². The third-order valence-electron chi connectivity index (χ3n) is 2.20. The lowest BCUT2D eigenvalue weighted by Gasteiger charge is -2.19. The zero-order valence-electron chi connectivity index (χ0n) is 8.27. The number of benzene rings is 1. The fourth-order valence-corrected chi connectivity index (χ4v) is 1.20. The van der Waals surface area contributed by atoms with Gasteiger partial charge in [0, 0.05) is 0 Å². The molecular formula is C11H16O3. The Morgan fingerprint density at radius 2 is 2.07 bits per heavy atom. The molecule has 0 heterocycles. The molecule has 1 aromatic rings. The summed E-state index contributed by atoms with van der Waals surface area (Å²) in [6.07, 6.45) is 1.12. The molecule has 0 saturated heterocycles. The van der Waals surface area contributed by atoms with Crippen molar-refractivity contribution in [2.75, 3.05) is 6.61 Å². The molecule has 3 heteroatoms. The van der Waals surface area contributed by atoms with Crippen LogP contribution < -0.4 is 0 Å². The molecule has 1 rings (SSSR count). The van der Waals surface area contributed by atoms with Crippen LogP contribution in [0.25, 0.3) is 0 Å². The van der Waals surface area contributed by atoms with E-state index in [9.17, 15) is 10.2 Å². The van der Waals surface area contributed by atoms with Crippen LogP contribution in [0.3, 0.4) is 0 Å². The summed E-state index contributed by atoms with van der Waals surface area (Å²) in [4.78, 5) is 0. The number of aliphatic hydroxyl groups excluding tert-OH is 1. The van der Waals surface area contributed by atoms with Crippen LogP contribution in [0.1, 0.15) is 18.9 Å². The van der Waals surface area contributed by atoms with Gasteiger partial charge in [0.15, 0.2) is 0 Å². The SMILES string of the molecule is CC(O)(CO)CCc1cccc(O)c1. The number of aromatic hydroxyl groups is 1. The first-order valence-electron chi connectivity index (χ1n) is 4.65. The highest BCUT2D eigenvalue weighted by atomic mass is 16.3. The van der Waals surface area contributed by atoms with E-state index < -0.39 is 5.60 Å². The van der Waals surface area contributed by atoms with Crippen molar-refractivity contribution in [2.24, 2.45) is 0 Å². The average Bonchev–Trinajstić information content (AvgIpc) is 2.15. The third kappa shape index (κ3) is 3.36. The van der Waals surface area contributed by atoms with Crippen LogP contribution >= 0.6 is 0 Å². The van der Waals surface area contributed by atoms with Crippen LogP contribution in [0, 0.1) is 0 Å². The standard InChI is InChI=1S/C11H16O3/c1-11(14,8-12)6-5-9-3-2-4-10(13)7-9/h2-4,7,12-14H,5-6,8H2,1H3. The summed E-state index contributed by atoms with van der Waals surface area (Å²) in [6, 6.07) is 6.91. The molecule has 0 bridgehead atoms. The predicted molar refractivity (Wildman–Crippen MR) is 54.1 cm³/mol. The minimum absolute atomic E-state index is 0.228. The van der Waals surface area contributed by atoms with E-state index in [1.54, 1.807) is 25.1 Å². The lowest BCUT2D eigenvalue weighted by molar-refractivity contribution is -0.00475. The van der Waals surface area contributed by atoms with Crippen molar-refractivity contribution in [3.63, 3.8) is 0 Å². The monoisotopic (exact) mass is 196 g/mol. The number of phenols is 1. The maximum atomic E-state index is 9.54. The van der Waals surface area contributed by atoms with Gasteiger partial charge in [0.25, 0.3) is 0 Å². The van der Waals surface area contributed by atoms with Crippen molar-refractivity contribution in [2.45, 2.75) is 25.4 Å². The van der Waals surface area contributed by atoms with Gasteiger partial charge in [-0.15, -0.1) is 0 Å². The Labute approximate surface area is 83.6 Å². The number of hydrogen-bond acceptors (Lipinski definition) is 3. The van der Waals surface area contributed by atoms with E-state index >= 15 is 0 Å². The molecule has 3 N–H and O–H groups in total. The van der Waals surface area contributed by atoms with Crippen molar-refractivity contribution >= 4 is 0 Å². The van der Waals surface area contributed by atoms with Crippen LogP contribution in [-0.2, 0) is 6.42 Å². The first-order chi connectivity index (χ1) is 6.53. The summed E-state index contributed by atoms with van der Waals surface area (Å²) >= 11 is 0. The molecule has 0 aliphatic carbocycles. The molecule has 3 nitrogen and oxygen atoms in total. The quantitative estimate of drug-likeness (QED) is 0.675. The smallest absolute Gasteiger partial charge is 0.115 e. The Kier molecular flexibility index (Phi) is 3.49. The van der Waals surface area contributed by atoms with E-state index in [2.05, 4.69) is 0 Å². The summed E-state index contributed by atoms with van der Waals surface area (Å²) in [5.41, 5.74) is -0.0791. The van der Waals surface area contributed by atoms with E-state index in [0.29, 0.717) is 12.8 Å². The normalized spacial score (nSPS) is 15.1.